The van der Waals surface area contributed by atoms with Gasteiger partial charge in [0.1, 0.15) is 12.1 Å². The van der Waals surface area contributed by atoms with Gasteiger partial charge in [-0.15, -0.1) is 0 Å². The van der Waals surface area contributed by atoms with Gasteiger partial charge in [0.25, 0.3) is 0 Å². The summed E-state index contributed by atoms with van der Waals surface area (Å²) < 4.78 is 0. The van der Waals surface area contributed by atoms with E-state index < -0.39 is 5.41 Å². The van der Waals surface area contributed by atoms with Crippen LogP contribution in [0.25, 0.3) is 0 Å². The highest BCUT2D eigenvalue weighted by Crippen LogP contribution is 2.39. The van der Waals surface area contributed by atoms with Gasteiger partial charge in [0.2, 0.25) is 5.91 Å². The number of anilines is 1. The standard InChI is InChI=1S/C24H30ClN5O/c1-16-3-8-20-21(16)22(28-15-27-20)30-12-11-29(13-17(30)2)23(31)24(9-10-26-14-24)18-4-6-19(25)7-5-18/h4-7,15-17,26H,3,8-14H2,1-2H3/t16-,17+,24?/m1/s1. The van der Waals surface area contributed by atoms with Crippen molar-refractivity contribution in [2.24, 2.45) is 0 Å². The van der Waals surface area contributed by atoms with Crippen LogP contribution in [0.15, 0.2) is 30.6 Å². The molecule has 2 saturated heterocycles. The highest BCUT2D eigenvalue weighted by Gasteiger charge is 2.46. The maximum absolute atomic E-state index is 13.8. The van der Waals surface area contributed by atoms with Crippen molar-refractivity contribution in [1.29, 1.82) is 0 Å². The Morgan fingerprint density at radius 3 is 2.71 bits per heavy atom. The number of piperazine rings is 1. The minimum Gasteiger partial charge on any atom is -0.350 e. The number of hydrogen-bond acceptors (Lipinski definition) is 5. The Balaban J connectivity index is 1.38. The number of fused-ring (bicyclic) bond motifs is 1. The lowest BCUT2D eigenvalue weighted by Gasteiger charge is -2.44. The predicted octanol–water partition coefficient (Wildman–Crippen LogP) is 3.15. The van der Waals surface area contributed by atoms with Gasteiger partial charge in [-0.1, -0.05) is 30.7 Å². The summed E-state index contributed by atoms with van der Waals surface area (Å²) in [6.45, 7) is 8.23. The lowest BCUT2D eigenvalue weighted by Crippen LogP contribution is -2.58. The molecule has 1 aromatic carbocycles. The smallest absolute Gasteiger partial charge is 0.234 e. The van der Waals surface area contributed by atoms with Crippen LogP contribution in [0.3, 0.4) is 0 Å². The van der Waals surface area contributed by atoms with Gasteiger partial charge >= 0.3 is 0 Å². The van der Waals surface area contributed by atoms with E-state index in [1.54, 1.807) is 6.33 Å². The Bertz CT molecular complexity index is 972. The minimum atomic E-state index is -0.503. The van der Waals surface area contributed by atoms with Crippen LogP contribution in [-0.2, 0) is 16.6 Å². The number of carbonyl (C=O) groups is 1. The number of carbonyl (C=O) groups excluding carboxylic acids is 1. The average Bonchev–Trinajstić information content (AvgIpc) is 3.42. The fraction of sp³-hybridized carbons (Fsp3) is 0.542. The molecule has 2 fully saturated rings. The van der Waals surface area contributed by atoms with Crippen molar-refractivity contribution in [3.05, 3.63) is 52.4 Å². The lowest BCUT2D eigenvalue weighted by atomic mass is 9.78. The van der Waals surface area contributed by atoms with Crippen LogP contribution in [0.4, 0.5) is 5.82 Å². The van der Waals surface area contributed by atoms with Crippen LogP contribution in [0, 0.1) is 0 Å². The normalized spacial score (nSPS) is 28.1. The zero-order chi connectivity index (χ0) is 21.6. The van der Waals surface area contributed by atoms with Crippen molar-refractivity contribution >= 4 is 23.3 Å². The molecule has 3 aliphatic rings. The Morgan fingerprint density at radius 2 is 2.00 bits per heavy atom. The van der Waals surface area contributed by atoms with Gasteiger partial charge in [-0.25, -0.2) is 9.97 Å². The van der Waals surface area contributed by atoms with E-state index in [1.165, 1.54) is 11.3 Å². The molecular weight excluding hydrogens is 410 g/mol. The molecule has 2 aromatic rings. The molecule has 1 aliphatic carbocycles. The van der Waals surface area contributed by atoms with Crippen molar-refractivity contribution < 1.29 is 4.79 Å². The number of hydrogen-bond donors (Lipinski definition) is 1. The molecule has 1 N–H and O–H groups in total. The first kappa shape index (κ1) is 20.7. The SMILES string of the molecule is C[C@@H]1CCc2ncnc(N3CCN(C(=O)C4(c5ccc(Cl)cc5)CCNC4)C[C@@H]3C)c21. The number of aromatic nitrogens is 2. The quantitative estimate of drug-likeness (QED) is 0.796. The zero-order valence-electron chi connectivity index (χ0n) is 18.3. The maximum atomic E-state index is 13.8. The number of nitrogens with zero attached hydrogens (tertiary/aromatic N) is 4. The van der Waals surface area contributed by atoms with Crippen LogP contribution in [0.5, 0.6) is 0 Å². The number of amides is 1. The Morgan fingerprint density at radius 1 is 1.19 bits per heavy atom. The number of aryl methyl sites for hydroxylation is 1. The van der Waals surface area contributed by atoms with Crippen LogP contribution in [0.2, 0.25) is 5.02 Å². The second-order valence-corrected chi connectivity index (χ2v) is 9.74. The molecule has 0 saturated carbocycles. The molecule has 0 radical (unpaired) electrons. The zero-order valence-corrected chi connectivity index (χ0v) is 19.0. The minimum absolute atomic E-state index is 0.209. The molecule has 1 amide bonds. The number of benzene rings is 1. The third kappa shape index (κ3) is 3.50. The molecule has 164 valence electrons. The Kier molecular flexibility index (Phi) is 5.39. The summed E-state index contributed by atoms with van der Waals surface area (Å²) in [5.74, 6) is 1.80. The summed E-state index contributed by atoms with van der Waals surface area (Å²) in [4.78, 5) is 27.5. The van der Waals surface area contributed by atoms with E-state index in [1.807, 2.05) is 24.3 Å². The van der Waals surface area contributed by atoms with Crippen molar-refractivity contribution in [3.63, 3.8) is 0 Å². The van der Waals surface area contributed by atoms with E-state index in [9.17, 15) is 4.79 Å². The molecule has 6 nitrogen and oxygen atoms in total. The molecule has 0 bridgehead atoms. The van der Waals surface area contributed by atoms with E-state index in [0.29, 0.717) is 30.6 Å². The summed E-state index contributed by atoms with van der Waals surface area (Å²) in [6, 6.07) is 8.02. The number of nitrogens with one attached hydrogen (secondary N) is 1. The largest absolute Gasteiger partial charge is 0.350 e. The van der Waals surface area contributed by atoms with E-state index in [4.69, 9.17) is 11.6 Å². The van der Waals surface area contributed by atoms with Gasteiger partial charge in [-0.2, -0.15) is 0 Å². The van der Waals surface area contributed by atoms with E-state index in [2.05, 4.69) is 38.9 Å². The highest BCUT2D eigenvalue weighted by molar-refractivity contribution is 6.30. The molecule has 0 spiro atoms. The monoisotopic (exact) mass is 439 g/mol. The molecule has 3 heterocycles. The molecule has 5 rings (SSSR count). The molecule has 3 atom stereocenters. The fourth-order valence-electron chi connectivity index (χ4n) is 5.62. The average molecular weight is 440 g/mol. The van der Waals surface area contributed by atoms with Gasteiger partial charge < -0.3 is 15.1 Å². The first-order chi connectivity index (χ1) is 15.0. The van der Waals surface area contributed by atoms with Crippen LogP contribution >= 0.6 is 11.6 Å². The summed E-state index contributed by atoms with van der Waals surface area (Å²) in [5.41, 5.74) is 3.06. The number of rotatable bonds is 3. The second kappa shape index (κ2) is 8.06. The fourth-order valence-corrected chi connectivity index (χ4v) is 5.75. The number of halogens is 1. The highest BCUT2D eigenvalue weighted by atomic mass is 35.5. The second-order valence-electron chi connectivity index (χ2n) is 9.31. The first-order valence-corrected chi connectivity index (χ1v) is 11.7. The molecule has 1 aromatic heterocycles. The summed E-state index contributed by atoms with van der Waals surface area (Å²) in [6.07, 6.45) is 4.70. The lowest BCUT2D eigenvalue weighted by molar-refractivity contribution is -0.137. The van der Waals surface area contributed by atoms with E-state index in [-0.39, 0.29) is 11.9 Å². The van der Waals surface area contributed by atoms with Gasteiger partial charge in [0.15, 0.2) is 0 Å². The molecule has 31 heavy (non-hydrogen) atoms. The third-order valence-electron chi connectivity index (χ3n) is 7.40. The maximum Gasteiger partial charge on any atom is 0.234 e. The van der Waals surface area contributed by atoms with Crippen molar-refractivity contribution in [2.75, 3.05) is 37.6 Å². The molecule has 7 heteroatoms. The van der Waals surface area contributed by atoms with Crippen LogP contribution in [-0.4, -0.2) is 59.5 Å². The van der Waals surface area contributed by atoms with Gasteiger partial charge in [-0.05, 0) is 56.3 Å². The van der Waals surface area contributed by atoms with E-state index in [0.717, 1.165) is 43.7 Å². The summed E-state index contributed by atoms with van der Waals surface area (Å²) in [7, 11) is 0. The summed E-state index contributed by atoms with van der Waals surface area (Å²) in [5, 5.41) is 4.12. The van der Waals surface area contributed by atoms with Gasteiger partial charge in [0, 0.05) is 48.5 Å². The third-order valence-corrected chi connectivity index (χ3v) is 7.65. The van der Waals surface area contributed by atoms with Crippen molar-refractivity contribution in [2.45, 2.75) is 50.5 Å². The molecular formula is C24H30ClN5O. The molecule has 1 unspecified atom stereocenters. The summed E-state index contributed by atoms with van der Waals surface area (Å²) >= 11 is 6.11. The predicted molar refractivity (Wildman–Crippen MR) is 123 cm³/mol. The Hall–Kier alpha value is -2.18. The topological polar surface area (TPSA) is 61.4 Å². The van der Waals surface area contributed by atoms with Crippen LogP contribution < -0.4 is 10.2 Å². The first-order valence-electron chi connectivity index (χ1n) is 11.4. The van der Waals surface area contributed by atoms with Gasteiger partial charge in [0.05, 0.1) is 5.41 Å². The van der Waals surface area contributed by atoms with E-state index >= 15 is 0 Å². The van der Waals surface area contributed by atoms with Gasteiger partial charge in [-0.3, -0.25) is 4.79 Å². The Labute approximate surface area is 189 Å². The van der Waals surface area contributed by atoms with Crippen molar-refractivity contribution in [3.8, 4) is 0 Å². The molecule has 2 aliphatic heterocycles. The van der Waals surface area contributed by atoms with Crippen LogP contribution in [0.1, 0.15) is 49.4 Å². The van der Waals surface area contributed by atoms with Crippen molar-refractivity contribution in [1.82, 2.24) is 20.2 Å².